The molecule has 1 fully saturated rings. The van der Waals surface area contributed by atoms with Crippen molar-refractivity contribution in [2.75, 3.05) is 23.7 Å². The third-order valence-corrected chi connectivity index (χ3v) is 8.35. The van der Waals surface area contributed by atoms with Crippen molar-refractivity contribution in [2.24, 2.45) is 0 Å². The first-order valence-corrected chi connectivity index (χ1v) is 13.1. The molecule has 1 saturated heterocycles. The zero-order valence-corrected chi connectivity index (χ0v) is 19.6. The monoisotopic (exact) mass is 473 g/mol. The number of halogens is 1. The molecule has 0 radical (unpaired) electrons. The first kappa shape index (κ1) is 21.4. The van der Waals surface area contributed by atoms with Crippen molar-refractivity contribution in [3.05, 3.63) is 83.8 Å². The Hall–Kier alpha value is -3.16. The van der Waals surface area contributed by atoms with Gasteiger partial charge >= 0.3 is 0 Å². The van der Waals surface area contributed by atoms with Gasteiger partial charge in [0.2, 0.25) is 5.95 Å². The van der Waals surface area contributed by atoms with E-state index in [1.54, 1.807) is 6.07 Å². The molecule has 0 saturated carbocycles. The van der Waals surface area contributed by atoms with E-state index in [0.29, 0.717) is 40.4 Å². The van der Waals surface area contributed by atoms with Crippen molar-refractivity contribution < 1.29 is 13.9 Å². The molecule has 2 aliphatic heterocycles. The maximum absolute atomic E-state index is 13.7. The first-order chi connectivity index (χ1) is 16.6. The number of benzene rings is 3. The van der Waals surface area contributed by atoms with Gasteiger partial charge in [-0.2, -0.15) is 4.98 Å². The molecule has 2 N–H and O–H groups in total. The van der Waals surface area contributed by atoms with Crippen LogP contribution in [0.1, 0.15) is 30.0 Å². The Bertz CT molecular complexity index is 1400. The summed E-state index contributed by atoms with van der Waals surface area (Å²) in [6, 6.07) is 21.7. The van der Waals surface area contributed by atoms with E-state index in [9.17, 15) is 8.60 Å². The van der Waals surface area contributed by atoms with E-state index in [0.717, 1.165) is 31.6 Å². The molecule has 172 valence electrons. The summed E-state index contributed by atoms with van der Waals surface area (Å²) in [4.78, 5) is 12.6. The second-order valence-corrected chi connectivity index (χ2v) is 10.6. The van der Waals surface area contributed by atoms with Crippen LogP contribution >= 0.6 is 0 Å². The van der Waals surface area contributed by atoms with Gasteiger partial charge < -0.3 is 4.90 Å². The summed E-state index contributed by atoms with van der Waals surface area (Å²) in [5, 5.41) is 4.39. The third-order valence-electron chi connectivity index (χ3n) is 6.88. The lowest BCUT2D eigenvalue weighted by Gasteiger charge is -2.32. The van der Waals surface area contributed by atoms with Crippen molar-refractivity contribution in [3.63, 3.8) is 0 Å². The summed E-state index contributed by atoms with van der Waals surface area (Å²) < 4.78 is 26.4. The molecule has 0 spiro atoms. The van der Waals surface area contributed by atoms with E-state index in [1.165, 1.54) is 28.5 Å². The maximum atomic E-state index is 13.7. The fourth-order valence-corrected chi connectivity index (χ4v) is 6.41. The van der Waals surface area contributed by atoms with Crippen LogP contribution in [0.4, 0.5) is 21.8 Å². The Kier molecular flexibility index (Phi) is 5.59. The number of nitrogens with zero attached hydrogens (tertiary/aromatic N) is 3. The van der Waals surface area contributed by atoms with E-state index in [1.807, 2.05) is 11.4 Å². The predicted octanol–water partition coefficient (Wildman–Crippen LogP) is 4.34. The van der Waals surface area contributed by atoms with Crippen LogP contribution in [0.3, 0.4) is 0 Å². The van der Waals surface area contributed by atoms with Crippen LogP contribution < -0.4 is 10.2 Å². The predicted molar refractivity (Wildman–Crippen MR) is 133 cm³/mol. The number of anilines is 1. The molecule has 2 aliphatic rings. The molecule has 6 rings (SSSR count). The number of aromatic nitrogens is 2. The standard InChI is InChI=1S/C27H25FN4OS/c28-22-6-3-7-23(17-22)29-26-25-24(12-15-34(25)33)30-27(31-26)32-13-10-19(11-14-32)21-9-8-18-4-1-2-5-20(18)16-21/h1-9,16-17,19H,10-15H2,(H,29,30,31)/p+1. The number of hydrogen-bond donors (Lipinski definition) is 1. The Morgan fingerprint density at radius 3 is 2.59 bits per heavy atom. The van der Waals surface area contributed by atoms with Gasteiger partial charge in [0, 0.05) is 31.3 Å². The average molecular weight is 474 g/mol. The van der Waals surface area contributed by atoms with Gasteiger partial charge in [0.15, 0.2) is 0 Å². The van der Waals surface area contributed by atoms with Crippen molar-refractivity contribution in [1.82, 2.24) is 9.97 Å². The van der Waals surface area contributed by atoms with E-state index < -0.39 is 10.8 Å². The van der Waals surface area contributed by atoms with Gasteiger partial charge in [-0.15, -0.1) is 0 Å². The first-order valence-electron chi connectivity index (χ1n) is 11.8. The molecule has 0 bridgehead atoms. The van der Waals surface area contributed by atoms with Crippen LogP contribution in [0.5, 0.6) is 0 Å². The van der Waals surface area contributed by atoms with Crippen molar-refractivity contribution in [2.45, 2.75) is 30.1 Å². The van der Waals surface area contributed by atoms with E-state index in [4.69, 9.17) is 9.97 Å². The smallest absolute Gasteiger partial charge is 0.251 e. The number of aryl methyl sites for hydroxylation is 1. The van der Waals surface area contributed by atoms with Crippen LogP contribution in [0.25, 0.3) is 10.8 Å². The minimum absolute atomic E-state index is 0.295. The van der Waals surface area contributed by atoms with Crippen LogP contribution in [0, 0.1) is 5.82 Å². The molecule has 34 heavy (non-hydrogen) atoms. The van der Waals surface area contributed by atoms with Gasteiger partial charge in [-0.05, 0) is 47.2 Å². The minimum atomic E-state index is -1.11. The summed E-state index contributed by atoms with van der Waals surface area (Å²) >= 11 is 0. The van der Waals surface area contributed by atoms with E-state index >= 15 is 0 Å². The number of rotatable bonds is 4. The lowest BCUT2D eigenvalue weighted by atomic mass is 9.88. The largest absolute Gasteiger partial charge is 0.341 e. The fourth-order valence-electron chi connectivity index (χ4n) is 5.08. The van der Waals surface area contributed by atoms with Crippen LogP contribution in [0.2, 0.25) is 0 Å². The molecule has 0 amide bonds. The molecule has 1 atom stereocenters. The SMILES string of the molecule is O=S1CCc2nc(N3CCC(c4ccc5ccccc5c4)CC3)nc([NH2+]c3cccc(F)c3)c21. The Morgan fingerprint density at radius 2 is 1.76 bits per heavy atom. The Labute approximate surface area is 200 Å². The van der Waals surface area contributed by atoms with Gasteiger partial charge in [-0.25, -0.2) is 9.37 Å². The van der Waals surface area contributed by atoms with Gasteiger partial charge in [-0.1, -0.05) is 48.5 Å². The molecule has 5 nitrogen and oxygen atoms in total. The summed E-state index contributed by atoms with van der Waals surface area (Å²) in [5.74, 6) is 2.13. The molecule has 4 aromatic rings. The number of piperidine rings is 1. The number of fused-ring (bicyclic) bond motifs is 2. The quantitative estimate of drug-likeness (QED) is 0.448. The highest BCUT2D eigenvalue weighted by Crippen LogP contribution is 2.33. The minimum Gasteiger partial charge on any atom is -0.341 e. The molecular weight excluding hydrogens is 447 g/mol. The fraction of sp³-hybridized carbons (Fsp3) is 0.259. The molecule has 3 heterocycles. The number of nitrogens with two attached hydrogens (primary N) is 1. The summed E-state index contributed by atoms with van der Waals surface area (Å²) in [6.07, 6.45) is 2.76. The Morgan fingerprint density at radius 1 is 0.941 bits per heavy atom. The van der Waals surface area contributed by atoms with Crippen molar-refractivity contribution in [3.8, 4) is 0 Å². The van der Waals surface area contributed by atoms with Gasteiger partial charge in [0.05, 0.1) is 16.5 Å². The lowest BCUT2D eigenvalue weighted by molar-refractivity contribution is -0.485. The number of quaternary nitrogens is 1. The van der Waals surface area contributed by atoms with E-state index in [-0.39, 0.29) is 5.82 Å². The summed E-state index contributed by atoms with van der Waals surface area (Å²) in [7, 11) is -1.11. The Balaban J connectivity index is 1.24. The zero-order valence-electron chi connectivity index (χ0n) is 18.8. The molecule has 3 aromatic carbocycles. The molecule has 1 unspecified atom stereocenters. The van der Waals surface area contributed by atoms with Crippen LogP contribution in [-0.2, 0) is 17.2 Å². The van der Waals surface area contributed by atoms with Crippen LogP contribution in [0.15, 0.2) is 71.6 Å². The molecule has 1 aromatic heterocycles. The zero-order chi connectivity index (χ0) is 23.1. The highest BCUT2D eigenvalue weighted by atomic mass is 32.2. The lowest BCUT2D eigenvalue weighted by Crippen LogP contribution is -2.72. The molecule has 0 aliphatic carbocycles. The molecular formula is C27H26FN4OS+. The number of hydrogen-bond acceptors (Lipinski definition) is 4. The van der Waals surface area contributed by atoms with Crippen molar-refractivity contribution in [1.29, 1.82) is 0 Å². The van der Waals surface area contributed by atoms with Gasteiger partial charge in [-0.3, -0.25) is 9.53 Å². The topological polar surface area (TPSA) is 62.7 Å². The summed E-state index contributed by atoms with van der Waals surface area (Å²) in [5.41, 5.74) is 2.97. The normalized spacial score (nSPS) is 18.4. The second kappa shape index (κ2) is 8.89. The maximum Gasteiger partial charge on any atom is 0.251 e. The van der Waals surface area contributed by atoms with Gasteiger partial charge in [0.1, 0.15) is 16.4 Å². The molecule has 7 heteroatoms. The summed E-state index contributed by atoms with van der Waals surface area (Å²) in [6.45, 7) is 1.75. The van der Waals surface area contributed by atoms with Crippen molar-refractivity contribution >= 4 is 39.0 Å². The second-order valence-electron chi connectivity index (χ2n) is 9.05. The van der Waals surface area contributed by atoms with Crippen LogP contribution in [-0.4, -0.2) is 33.0 Å². The highest BCUT2D eigenvalue weighted by molar-refractivity contribution is 7.85. The van der Waals surface area contributed by atoms with E-state index in [2.05, 4.69) is 47.4 Å². The third kappa shape index (κ3) is 4.10. The highest BCUT2D eigenvalue weighted by Gasteiger charge is 2.31. The average Bonchev–Trinajstić information content (AvgIpc) is 3.25. The van der Waals surface area contributed by atoms with Gasteiger partial charge in [0.25, 0.3) is 5.82 Å².